The first-order chi connectivity index (χ1) is 11.6. The number of hydrogen-bond acceptors (Lipinski definition) is 3. The van der Waals surface area contributed by atoms with Crippen LogP contribution >= 0.6 is 27.5 Å². The summed E-state index contributed by atoms with van der Waals surface area (Å²) in [6, 6.07) is 10.9. The fourth-order valence-corrected chi connectivity index (χ4v) is 3.02. The summed E-state index contributed by atoms with van der Waals surface area (Å²) in [5.41, 5.74) is 1.97. The third kappa shape index (κ3) is 2.64. The van der Waals surface area contributed by atoms with Gasteiger partial charge in [0.1, 0.15) is 5.65 Å². The highest BCUT2D eigenvalue weighted by Gasteiger charge is 2.08. The fraction of sp³-hybridized carbons (Fsp3) is 0. The summed E-state index contributed by atoms with van der Waals surface area (Å²) in [6.45, 7) is 0. The Hall–Kier alpha value is -2.44. The normalized spacial score (nSPS) is 12.2. The summed E-state index contributed by atoms with van der Waals surface area (Å²) in [7, 11) is 0. The number of pyridine rings is 1. The van der Waals surface area contributed by atoms with Crippen LogP contribution in [0.1, 0.15) is 11.5 Å². The first-order valence-electron chi connectivity index (χ1n) is 7.11. The summed E-state index contributed by atoms with van der Waals surface area (Å²) in [5.74, 6) is 0.324. The molecular weight excluding hydrogens is 392 g/mol. The number of rotatable bonds is 2. The van der Waals surface area contributed by atoms with Crippen molar-refractivity contribution < 1.29 is 0 Å². The monoisotopic (exact) mass is 400 g/mol. The van der Waals surface area contributed by atoms with Crippen LogP contribution in [-0.2, 0) is 0 Å². The number of imidazole rings is 1. The van der Waals surface area contributed by atoms with Crippen molar-refractivity contribution in [2.45, 2.75) is 0 Å². The van der Waals surface area contributed by atoms with Crippen LogP contribution in [0.4, 0.5) is 0 Å². The minimum Gasteiger partial charge on any atom is -0.305 e. The van der Waals surface area contributed by atoms with E-state index in [0.717, 1.165) is 15.8 Å². The topological polar surface area (TPSA) is 63.0 Å². The lowest BCUT2D eigenvalue weighted by Crippen LogP contribution is -2.10. The van der Waals surface area contributed by atoms with Gasteiger partial charge in [-0.3, -0.25) is 9.20 Å². The number of benzene rings is 1. The third-order valence-corrected chi connectivity index (χ3v) is 4.37. The number of hydrogen-bond donors (Lipinski definition) is 1. The summed E-state index contributed by atoms with van der Waals surface area (Å²) in [4.78, 5) is 23.6. The smallest absolute Gasteiger partial charge is 0.259 e. The Bertz CT molecular complexity index is 1160. The van der Waals surface area contributed by atoms with Crippen LogP contribution in [0.3, 0.4) is 0 Å². The van der Waals surface area contributed by atoms with Crippen molar-refractivity contribution in [3.05, 3.63) is 75.1 Å². The Balaban J connectivity index is 1.85. The molecule has 4 rings (SSSR count). The van der Waals surface area contributed by atoms with Gasteiger partial charge >= 0.3 is 0 Å². The summed E-state index contributed by atoms with van der Waals surface area (Å²) in [5, 5.41) is 0.865. The van der Waals surface area contributed by atoms with Crippen molar-refractivity contribution in [2.75, 3.05) is 0 Å². The first-order valence-corrected chi connectivity index (χ1v) is 8.28. The molecule has 0 saturated heterocycles. The van der Waals surface area contributed by atoms with E-state index in [2.05, 4.69) is 30.9 Å². The van der Waals surface area contributed by atoms with E-state index in [1.54, 1.807) is 30.5 Å². The molecule has 4 aromatic rings. The van der Waals surface area contributed by atoms with Crippen LogP contribution in [0.5, 0.6) is 0 Å². The standard InChI is InChI=1S/C17H10BrClN4O/c18-10-5-6-15-20-8-11(23(15)9-10)7-13(19)16-21-14-4-2-1-3-12(14)17(24)22-16/h1-9H,(H,21,22,24). The van der Waals surface area contributed by atoms with E-state index < -0.39 is 0 Å². The van der Waals surface area contributed by atoms with Gasteiger partial charge in [0.25, 0.3) is 5.56 Å². The van der Waals surface area contributed by atoms with Gasteiger partial charge < -0.3 is 4.98 Å². The van der Waals surface area contributed by atoms with E-state index in [1.807, 2.05) is 28.8 Å². The number of aromatic nitrogens is 4. The molecule has 0 fully saturated rings. The molecule has 1 N–H and O–H groups in total. The maximum absolute atomic E-state index is 12.2. The van der Waals surface area contributed by atoms with Crippen LogP contribution < -0.4 is 5.56 Å². The van der Waals surface area contributed by atoms with Crippen molar-refractivity contribution in [3.63, 3.8) is 0 Å². The molecule has 3 heterocycles. The fourth-order valence-electron chi connectivity index (χ4n) is 2.48. The molecule has 24 heavy (non-hydrogen) atoms. The van der Waals surface area contributed by atoms with Crippen LogP contribution in [0.15, 0.2) is 58.1 Å². The van der Waals surface area contributed by atoms with Gasteiger partial charge in [-0.05, 0) is 46.3 Å². The molecule has 0 unspecified atom stereocenters. The molecule has 5 nitrogen and oxygen atoms in total. The highest BCUT2D eigenvalue weighted by atomic mass is 79.9. The van der Waals surface area contributed by atoms with Crippen molar-refractivity contribution in [1.29, 1.82) is 0 Å². The van der Waals surface area contributed by atoms with Gasteiger partial charge in [0.2, 0.25) is 0 Å². The van der Waals surface area contributed by atoms with E-state index in [-0.39, 0.29) is 5.56 Å². The van der Waals surface area contributed by atoms with E-state index in [1.165, 1.54) is 0 Å². The van der Waals surface area contributed by atoms with E-state index in [9.17, 15) is 4.79 Å². The molecule has 0 spiro atoms. The molecule has 3 aromatic heterocycles. The van der Waals surface area contributed by atoms with E-state index >= 15 is 0 Å². The second-order valence-electron chi connectivity index (χ2n) is 5.18. The number of nitrogens with one attached hydrogen (secondary N) is 1. The van der Waals surface area contributed by atoms with Gasteiger partial charge in [0.05, 0.1) is 27.8 Å². The van der Waals surface area contributed by atoms with Crippen LogP contribution in [0.25, 0.3) is 27.7 Å². The number of aromatic amines is 1. The predicted molar refractivity (Wildman–Crippen MR) is 99.0 cm³/mol. The molecule has 0 atom stereocenters. The van der Waals surface area contributed by atoms with Crippen molar-refractivity contribution in [3.8, 4) is 0 Å². The maximum Gasteiger partial charge on any atom is 0.259 e. The zero-order chi connectivity index (χ0) is 16.7. The lowest BCUT2D eigenvalue weighted by Gasteiger charge is -2.02. The molecule has 118 valence electrons. The Labute approximate surface area is 149 Å². The lowest BCUT2D eigenvalue weighted by atomic mass is 10.2. The van der Waals surface area contributed by atoms with Gasteiger partial charge in [-0.25, -0.2) is 9.97 Å². The molecule has 0 saturated carbocycles. The number of halogens is 2. The minimum absolute atomic E-state index is 0.219. The number of fused-ring (bicyclic) bond motifs is 2. The first kappa shape index (κ1) is 15.1. The van der Waals surface area contributed by atoms with Crippen LogP contribution in [0, 0.1) is 0 Å². The van der Waals surface area contributed by atoms with Crippen molar-refractivity contribution in [1.82, 2.24) is 19.4 Å². The molecule has 0 aliphatic rings. The molecule has 1 aromatic carbocycles. The quantitative estimate of drug-likeness (QED) is 0.551. The Morgan fingerprint density at radius 1 is 1.25 bits per heavy atom. The Morgan fingerprint density at radius 3 is 2.96 bits per heavy atom. The van der Waals surface area contributed by atoms with Gasteiger partial charge in [0.15, 0.2) is 5.82 Å². The van der Waals surface area contributed by atoms with Crippen molar-refractivity contribution >= 4 is 55.2 Å². The SMILES string of the molecule is O=c1[nH]c(C(Cl)=Cc2cnc3ccc(Br)cn23)nc2ccccc12. The van der Waals surface area contributed by atoms with Gasteiger partial charge in [0, 0.05) is 10.7 Å². The average Bonchev–Trinajstić information content (AvgIpc) is 2.97. The summed E-state index contributed by atoms with van der Waals surface area (Å²) < 4.78 is 2.82. The highest BCUT2D eigenvalue weighted by Crippen LogP contribution is 2.21. The van der Waals surface area contributed by atoms with Crippen molar-refractivity contribution in [2.24, 2.45) is 0 Å². The van der Waals surface area contributed by atoms with Crippen LogP contribution in [0.2, 0.25) is 0 Å². The largest absolute Gasteiger partial charge is 0.305 e. The molecule has 0 bridgehead atoms. The van der Waals surface area contributed by atoms with Gasteiger partial charge in [-0.1, -0.05) is 23.7 Å². The average molecular weight is 402 g/mol. The second-order valence-corrected chi connectivity index (χ2v) is 6.51. The number of para-hydroxylation sites is 1. The molecular formula is C17H10BrClN4O. The van der Waals surface area contributed by atoms with Gasteiger partial charge in [-0.15, -0.1) is 0 Å². The zero-order valence-corrected chi connectivity index (χ0v) is 14.5. The zero-order valence-electron chi connectivity index (χ0n) is 12.2. The Kier molecular flexibility index (Phi) is 3.70. The third-order valence-electron chi connectivity index (χ3n) is 3.61. The molecule has 0 aliphatic carbocycles. The number of nitrogens with zero attached hydrogens (tertiary/aromatic N) is 3. The van der Waals surface area contributed by atoms with E-state index in [4.69, 9.17) is 11.6 Å². The maximum atomic E-state index is 12.2. The predicted octanol–water partition coefficient (Wildman–Crippen LogP) is 4.07. The lowest BCUT2D eigenvalue weighted by molar-refractivity contribution is 1.13. The Morgan fingerprint density at radius 2 is 2.08 bits per heavy atom. The molecule has 0 radical (unpaired) electrons. The summed E-state index contributed by atoms with van der Waals surface area (Å²) in [6.07, 6.45) is 5.33. The second kappa shape index (κ2) is 5.89. The number of H-pyrrole nitrogens is 1. The molecule has 0 aliphatic heterocycles. The molecule has 7 heteroatoms. The molecule has 0 amide bonds. The summed E-state index contributed by atoms with van der Waals surface area (Å²) >= 11 is 9.82. The van der Waals surface area contributed by atoms with Crippen LogP contribution in [-0.4, -0.2) is 19.4 Å². The highest BCUT2D eigenvalue weighted by molar-refractivity contribution is 9.10. The minimum atomic E-state index is -0.219. The van der Waals surface area contributed by atoms with Gasteiger partial charge in [-0.2, -0.15) is 0 Å². The van der Waals surface area contributed by atoms with E-state index in [0.29, 0.717) is 21.8 Å².